The van der Waals surface area contributed by atoms with Gasteiger partial charge in [0, 0.05) is 17.4 Å². The van der Waals surface area contributed by atoms with Crippen LogP contribution in [0.2, 0.25) is 0 Å². The Kier molecular flexibility index (Phi) is 2.58. The molecule has 0 aliphatic carbocycles. The minimum atomic E-state index is 0.613. The molecule has 1 N–H and O–H groups in total. The fourth-order valence-corrected chi connectivity index (χ4v) is 1.81. The zero-order valence-electron chi connectivity index (χ0n) is 9.35. The number of benzene rings is 2. The maximum atomic E-state index is 5.54. The van der Waals surface area contributed by atoms with Crippen LogP contribution in [0, 0.1) is 0 Å². The summed E-state index contributed by atoms with van der Waals surface area (Å²) in [4.78, 5) is 0. The first kappa shape index (κ1) is 10.0. The summed E-state index contributed by atoms with van der Waals surface area (Å²) in [6, 6.07) is 15.9. The summed E-state index contributed by atoms with van der Waals surface area (Å²) >= 11 is 0. The Balaban J connectivity index is 1.84. The third kappa shape index (κ3) is 2.18. The van der Waals surface area contributed by atoms with Crippen molar-refractivity contribution in [3.8, 4) is 11.5 Å². The van der Waals surface area contributed by atoms with Crippen LogP contribution in [0.25, 0.3) is 0 Å². The maximum absolute atomic E-state index is 5.54. The third-order valence-electron chi connectivity index (χ3n) is 2.60. The van der Waals surface area contributed by atoms with Crippen molar-refractivity contribution in [1.82, 2.24) is 0 Å². The summed E-state index contributed by atoms with van der Waals surface area (Å²) in [5, 5.41) is 3.32. The van der Waals surface area contributed by atoms with Gasteiger partial charge in [0.2, 0.25) is 0 Å². The van der Waals surface area contributed by atoms with Crippen molar-refractivity contribution in [3.05, 3.63) is 48.5 Å². The molecule has 2 aromatic rings. The summed E-state index contributed by atoms with van der Waals surface area (Å²) in [5.74, 6) is 1.62. The lowest BCUT2D eigenvalue weighted by Gasteiger charge is -2.19. The first-order valence-electron chi connectivity index (χ1n) is 5.63. The van der Waals surface area contributed by atoms with Crippen LogP contribution >= 0.6 is 0 Å². The standard InChI is InChI=1S/C14H13NO2/c1-2-4-11(5-3-1)15-12-6-7-13-14(10-12)17-9-8-16-13/h1-7,10,15H,8-9H2. The van der Waals surface area contributed by atoms with Gasteiger partial charge in [-0.25, -0.2) is 0 Å². The first-order valence-corrected chi connectivity index (χ1v) is 5.63. The molecule has 3 rings (SSSR count). The van der Waals surface area contributed by atoms with E-state index in [0.717, 1.165) is 22.9 Å². The fourth-order valence-electron chi connectivity index (χ4n) is 1.81. The van der Waals surface area contributed by atoms with Gasteiger partial charge in [0.25, 0.3) is 0 Å². The summed E-state index contributed by atoms with van der Waals surface area (Å²) in [7, 11) is 0. The SMILES string of the molecule is c1ccc(Nc2ccc3c(c2)OCCO3)cc1. The van der Waals surface area contributed by atoms with Crippen molar-refractivity contribution in [3.63, 3.8) is 0 Å². The van der Waals surface area contributed by atoms with E-state index in [1.54, 1.807) is 0 Å². The molecule has 0 saturated carbocycles. The second-order valence-corrected chi connectivity index (χ2v) is 3.85. The highest BCUT2D eigenvalue weighted by molar-refractivity contribution is 5.63. The van der Waals surface area contributed by atoms with E-state index in [1.807, 2.05) is 48.5 Å². The number of hydrogen-bond donors (Lipinski definition) is 1. The number of rotatable bonds is 2. The number of anilines is 2. The zero-order chi connectivity index (χ0) is 11.5. The minimum absolute atomic E-state index is 0.613. The van der Waals surface area contributed by atoms with Crippen LogP contribution in [-0.2, 0) is 0 Å². The number of para-hydroxylation sites is 1. The van der Waals surface area contributed by atoms with E-state index in [-0.39, 0.29) is 0 Å². The Morgan fingerprint density at radius 1 is 0.765 bits per heavy atom. The smallest absolute Gasteiger partial charge is 0.163 e. The molecular weight excluding hydrogens is 214 g/mol. The average molecular weight is 227 g/mol. The molecule has 17 heavy (non-hydrogen) atoms. The Bertz CT molecular complexity index is 511. The number of fused-ring (bicyclic) bond motifs is 1. The molecular formula is C14H13NO2. The van der Waals surface area contributed by atoms with Gasteiger partial charge in [-0.1, -0.05) is 18.2 Å². The highest BCUT2D eigenvalue weighted by atomic mass is 16.6. The molecule has 0 bridgehead atoms. The molecule has 0 spiro atoms. The number of ether oxygens (including phenoxy) is 2. The van der Waals surface area contributed by atoms with Gasteiger partial charge in [0.05, 0.1) is 0 Å². The molecule has 1 aliphatic heterocycles. The van der Waals surface area contributed by atoms with Crippen LogP contribution in [0.4, 0.5) is 11.4 Å². The second kappa shape index (κ2) is 4.37. The quantitative estimate of drug-likeness (QED) is 0.854. The Labute approximate surface area is 100.0 Å². The molecule has 2 aromatic carbocycles. The second-order valence-electron chi connectivity index (χ2n) is 3.85. The lowest BCUT2D eigenvalue weighted by molar-refractivity contribution is 0.171. The van der Waals surface area contributed by atoms with Crippen molar-refractivity contribution in [2.24, 2.45) is 0 Å². The Hall–Kier alpha value is -2.16. The lowest BCUT2D eigenvalue weighted by atomic mass is 10.2. The average Bonchev–Trinajstić information content (AvgIpc) is 2.40. The van der Waals surface area contributed by atoms with Gasteiger partial charge in [-0.3, -0.25) is 0 Å². The summed E-state index contributed by atoms with van der Waals surface area (Å²) in [6.45, 7) is 1.24. The van der Waals surface area contributed by atoms with Crippen molar-refractivity contribution in [2.75, 3.05) is 18.5 Å². The van der Waals surface area contributed by atoms with Gasteiger partial charge in [0.15, 0.2) is 11.5 Å². The van der Waals surface area contributed by atoms with Crippen LogP contribution in [0.1, 0.15) is 0 Å². The van der Waals surface area contributed by atoms with Gasteiger partial charge in [-0.15, -0.1) is 0 Å². The van der Waals surface area contributed by atoms with E-state index >= 15 is 0 Å². The predicted octanol–water partition coefficient (Wildman–Crippen LogP) is 3.20. The van der Waals surface area contributed by atoms with Crippen LogP contribution in [0.15, 0.2) is 48.5 Å². The van der Waals surface area contributed by atoms with Gasteiger partial charge >= 0.3 is 0 Å². The highest BCUT2D eigenvalue weighted by Gasteiger charge is 2.11. The van der Waals surface area contributed by atoms with Crippen molar-refractivity contribution >= 4 is 11.4 Å². The fraction of sp³-hybridized carbons (Fsp3) is 0.143. The maximum Gasteiger partial charge on any atom is 0.163 e. The molecule has 1 aliphatic rings. The molecule has 86 valence electrons. The third-order valence-corrected chi connectivity index (χ3v) is 2.60. The summed E-state index contributed by atoms with van der Waals surface area (Å²) in [6.07, 6.45) is 0. The van der Waals surface area contributed by atoms with E-state index in [2.05, 4.69) is 5.32 Å². The van der Waals surface area contributed by atoms with Gasteiger partial charge in [-0.05, 0) is 24.3 Å². The largest absolute Gasteiger partial charge is 0.486 e. The molecule has 0 aromatic heterocycles. The summed E-state index contributed by atoms with van der Waals surface area (Å²) < 4.78 is 11.0. The van der Waals surface area contributed by atoms with E-state index in [0.29, 0.717) is 13.2 Å². The monoisotopic (exact) mass is 227 g/mol. The molecule has 0 fully saturated rings. The van der Waals surface area contributed by atoms with Crippen LogP contribution in [-0.4, -0.2) is 13.2 Å². The van der Waals surface area contributed by atoms with Crippen LogP contribution < -0.4 is 14.8 Å². The molecule has 0 atom stereocenters. The van der Waals surface area contributed by atoms with E-state index in [9.17, 15) is 0 Å². The van der Waals surface area contributed by atoms with Crippen molar-refractivity contribution < 1.29 is 9.47 Å². The minimum Gasteiger partial charge on any atom is -0.486 e. The van der Waals surface area contributed by atoms with Gasteiger partial charge in [-0.2, -0.15) is 0 Å². The topological polar surface area (TPSA) is 30.5 Å². The Morgan fingerprint density at radius 2 is 1.53 bits per heavy atom. The van der Waals surface area contributed by atoms with Crippen LogP contribution in [0.5, 0.6) is 11.5 Å². The molecule has 0 radical (unpaired) electrons. The van der Waals surface area contributed by atoms with Crippen molar-refractivity contribution in [2.45, 2.75) is 0 Å². The highest BCUT2D eigenvalue weighted by Crippen LogP contribution is 2.33. The number of nitrogens with one attached hydrogen (secondary N) is 1. The summed E-state index contributed by atoms with van der Waals surface area (Å²) in [5.41, 5.74) is 2.06. The first-order chi connectivity index (χ1) is 8.42. The molecule has 0 amide bonds. The molecule has 0 unspecified atom stereocenters. The van der Waals surface area contributed by atoms with E-state index in [1.165, 1.54) is 0 Å². The molecule has 3 heteroatoms. The normalized spacial score (nSPS) is 13.2. The number of hydrogen-bond acceptors (Lipinski definition) is 3. The van der Waals surface area contributed by atoms with Gasteiger partial charge in [0.1, 0.15) is 13.2 Å². The zero-order valence-corrected chi connectivity index (χ0v) is 9.35. The molecule has 0 saturated heterocycles. The van der Waals surface area contributed by atoms with E-state index < -0.39 is 0 Å². The Morgan fingerprint density at radius 3 is 2.35 bits per heavy atom. The van der Waals surface area contributed by atoms with Crippen LogP contribution in [0.3, 0.4) is 0 Å². The molecule has 1 heterocycles. The predicted molar refractivity (Wildman–Crippen MR) is 67.2 cm³/mol. The van der Waals surface area contributed by atoms with Crippen molar-refractivity contribution in [1.29, 1.82) is 0 Å². The molecule has 3 nitrogen and oxygen atoms in total. The van der Waals surface area contributed by atoms with Gasteiger partial charge < -0.3 is 14.8 Å². The lowest BCUT2D eigenvalue weighted by Crippen LogP contribution is -2.15. The van der Waals surface area contributed by atoms with E-state index in [4.69, 9.17) is 9.47 Å².